The van der Waals surface area contributed by atoms with Gasteiger partial charge in [-0.15, -0.1) is 0 Å². The number of amides is 1. The lowest BCUT2D eigenvalue weighted by Crippen LogP contribution is -2.30. The van der Waals surface area contributed by atoms with E-state index >= 15 is 0 Å². The van der Waals surface area contributed by atoms with Crippen molar-refractivity contribution in [3.8, 4) is 0 Å². The van der Waals surface area contributed by atoms with E-state index in [1.165, 1.54) is 0 Å². The first-order valence-corrected chi connectivity index (χ1v) is 6.98. The standard InChI is InChI=1S/C12H19N3OS/c1-4-13-11-7-5-6-10(15-11)12(16)14-8-9(2)17-3/h5-7,9H,4,8H2,1-3H3,(H,13,15)(H,14,16). The van der Waals surface area contributed by atoms with Crippen LogP contribution in [-0.2, 0) is 0 Å². The molecule has 1 unspecified atom stereocenters. The molecule has 1 aromatic rings. The van der Waals surface area contributed by atoms with Gasteiger partial charge >= 0.3 is 0 Å². The average Bonchev–Trinajstić information content (AvgIpc) is 2.36. The molecule has 0 aliphatic heterocycles. The first-order chi connectivity index (χ1) is 8.17. The van der Waals surface area contributed by atoms with Crippen molar-refractivity contribution in [1.82, 2.24) is 10.3 Å². The maximum absolute atomic E-state index is 11.8. The molecule has 1 amide bonds. The molecule has 1 aromatic heterocycles. The van der Waals surface area contributed by atoms with Gasteiger partial charge in [-0.25, -0.2) is 4.98 Å². The van der Waals surface area contributed by atoms with E-state index < -0.39 is 0 Å². The Kier molecular flexibility index (Phi) is 5.83. The Morgan fingerprint density at radius 2 is 2.29 bits per heavy atom. The lowest BCUT2D eigenvalue weighted by atomic mass is 10.3. The van der Waals surface area contributed by atoms with Crippen LogP contribution in [0.5, 0.6) is 0 Å². The lowest BCUT2D eigenvalue weighted by Gasteiger charge is -2.10. The summed E-state index contributed by atoms with van der Waals surface area (Å²) in [5.41, 5.74) is 0.455. The molecule has 0 aliphatic rings. The summed E-state index contributed by atoms with van der Waals surface area (Å²) in [7, 11) is 0. The second-order valence-electron chi connectivity index (χ2n) is 3.69. The number of nitrogens with one attached hydrogen (secondary N) is 2. The van der Waals surface area contributed by atoms with Crippen LogP contribution in [0, 0.1) is 0 Å². The zero-order chi connectivity index (χ0) is 12.7. The second kappa shape index (κ2) is 7.17. The fourth-order valence-corrected chi connectivity index (χ4v) is 1.50. The third kappa shape index (κ3) is 4.65. The Balaban J connectivity index is 2.59. The van der Waals surface area contributed by atoms with Gasteiger partial charge in [-0.05, 0) is 25.3 Å². The Morgan fingerprint density at radius 3 is 2.94 bits per heavy atom. The smallest absolute Gasteiger partial charge is 0.270 e. The third-order valence-corrected chi connectivity index (χ3v) is 3.26. The van der Waals surface area contributed by atoms with Crippen molar-refractivity contribution in [1.29, 1.82) is 0 Å². The van der Waals surface area contributed by atoms with Crippen LogP contribution in [-0.4, -0.2) is 35.5 Å². The van der Waals surface area contributed by atoms with Crippen molar-refractivity contribution >= 4 is 23.5 Å². The number of anilines is 1. The summed E-state index contributed by atoms with van der Waals surface area (Å²) >= 11 is 1.73. The fraction of sp³-hybridized carbons (Fsp3) is 0.500. The monoisotopic (exact) mass is 253 g/mol. The molecule has 1 atom stereocenters. The molecular weight excluding hydrogens is 234 g/mol. The highest BCUT2D eigenvalue weighted by Gasteiger charge is 2.08. The number of nitrogens with zero attached hydrogens (tertiary/aromatic N) is 1. The Hall–Kier alpha value is -1.23. The number of carbonyl (C=O) groups excluding carboxylic acids is 1. The van der Waals surface area contributed by atoms with Crippen molar-refractivity contribution in [3.05, 3.63) is 23.9 Å². The van der Waals surface area contributed by atoms with E-state index in [-0.39, 0.29) is 5.91 Å². The molecule has 4 nitrogen and oxygen atoms in total. The fourth-order valence-electron chi connectivity index (χ4n) is 1.25. The molecule has 0 fully saturated rings. The lowest BCUT2D eigenvalue weighted by molar-refractivity contribution is 0.0949. The van der Waals surface area contributed by atoms with Gasteiger partial charge in [-0.3, -0.25) is 4.79 Å². The number of hydrogen-bond donors (Lipinski definition) is 2. The number of rotatable bonds is 6. The normalized spacial score (nSPS) is 11.9. The van der Waals surface area contributed by atoms with Gasteiger partial charge < -0.3 is 10.6 Å². The van der Waals surface area contributed by atoms with Crippen molar-refractivity contribution < 1.29 is 4.79 Å². The van der Waals surface area contributed by atoms with Crippen LogP contribution < -0.4 is 10.6 Å². The van der Waals surface area contributed by atoms with Crippen LogP contribution in [0.4, 0.5) is 5.82 Å². The van der Waals surface area contributed by atoms with Crippen LogP contribution in [0.25, 0.3) is 0 Å². The van der Waals surface area contributed by atoms with Crippen LogP contribution in [0.3, 0.4) is 0 Å². The minimum Gasteiger partial charge on any atom is -0.370 e. The van der Waals surface area contributed by atoms with E-state index in [2.05, 4.69) is 22.5 Å². The van der Waals surface area contributed by atoms with Crippen LogP contribution in [0.1, 0.15) is 24.3 Å². The number of pyridine rings is 1. The van der Waals surface area contributed by atoms with Gasteiger partial charge in [-0.2, -0.15) is 11.8 Å². The van der Waals surface area contributed by atoms with Crippen LogP contribution in [0.15, 0.2) is 18.2 Å². The van der Waals surface area contributed by atoms with Crippen LogP contribution >= 0.6 is 11.8 Å². The topological polar surface area (TPSA) is 54.0 Å². The molecule has 0 bridgehead atoms. The third-order valence-electron chi connectivity index (χ3n) is 2.29. The molecule has 1 heterocycles. The highest BCUT2D eigenvalue weighted by Crippen LogP contribution is 2.06. The molecule has 17 heavy (non-hydrogen) atoms. The second-order valence-corrected chi connectivity index (χ2v) is 4.97. The molecule has 2 N–H and O–H groups in total. The number of thioether (sulfide) groups is 1. The average molecular weight is 253 g/mol. The summed E-state index contributed by atoms with van der Waals surface area (Å²) in [4.78, 5) is 16.0. The number of hydrogen-bond acceptors (Lipinski definition) is 4. The van der Waals surface area contributed by atoms with Gasteiger partial charge in [0.05, 0.1) is 0 Å². The molecule has 5 heteroatoms. The number of aromatic nitrogens is 1. The quantitative estimate of drug-likeness (QED) is 0.814. The minimum atomic E-state index is -0.120. The van der Waals surface area contributed by atoms with Gasteiger partial charge in [0.2, 0.25) is 0 Å². The zero-order valence-electron chi connectivity index (χ0n) is 10.5. The summed E-state index contributed by atoms with van der Waals surface area (Å²) < 4.78 is 0. The largest absolute Gasteiger partial charge is 0.370 e. The van der Waals surface area contributed by atoms with Gasteiger partial charge in [0.25, 0.3) is 5.91 Å². The SMILES string of the molecule is CCNc1cccc(C(=O)NCC(C)SC)n1. The zero-order valence-corrected chi connectivity index (χ0v) is 11.3. The first-order valence-electron chi connectivity index (χ1n) is 5.69. The van der Waals surface area contributed by atoms with Crippen molar-refractivity contribution in [2.75, 3.05) is 24.7 Å². The summed E-state index contributed by atoms with van der Waals surface area (Å²) in [6.45, 7) is 5.52. The van der Waals surface area contributed by atoms with E-state index in [9.17, 15) is 4.79 Å². The Morgan fingerprint density at radius 1 is 1.53 bits per heavy atom. The summed E-state index contributed by atoms with van der Waals surface area (Å²) in [5, 5.41) is 6.37. The van der Waals surface area contributed by atoms with E-state index in [4.69, 9.17) is 0 Å². The van der Waals surface area contributed by atoms with E-state index in [0.29, 0.717) is 17.5 Å². The Labute approximate surface area is 107 Å². The van der Waals surface area contributed by atoms with Crippen molar-refractivity contribution in [2.24, 2.45) is 0 Å². The molecule has 1 rings (SSSR count). The number of carbonyl (C=O) groups is 1. The maximum atomic E-state index is 11.8. The molecular formula is C12H19N3OS. The van der Waals surface area contributed by atoms with Gasteiger partial charge in [0.1, 0.15) is 11.5 Å². The molecule has 94 valence electrons. The summed E-state index contributed by atoms with van der Waals surface area (Å²) in [6.07, 6.45) is 2.03. The predicted octanol–water partition coefficient (Wildman–Crippen LogP) is 1.99. The minimum absolute atomic E-state index is 0.120. The van der Waals surface area contributed by atoms with Crippen molar-refractivity contribution in [2.45, 2.75) is 19.1 Å². The predicted molar refractivity (Wildman–Crippen MR) is 73.7 cm³/mol. The van der Waals surface area contributed by atoms with Crippen LogP contribution in [0.2, 0.25) is 0 Å². The van der Waals surface area contributed by atoms with Gasteiger partial charge in [-0.1, -0.05) is 13.0 Å². The highest BCUT2D eigenvalue weighted by molar-refractivity contribution is 7.99. The van der Waals surface area contributed by atoms with Crippen molar-refractivity contribution in [3.63, 3.8) is 0 Å². The Bertz CT molecular complexity index is 371. The summed E-state index contributed by atoms with van der Waals surface area (Å²) in [6, 6.07) is 5.41. The molecule has 0 saturated heterocycles. The molecule has 0 aromatic carbocycles. The molecule has 0 radical (unpaired) electrons. The molecule has 0 saturated carbocycles. The summed E-state index contributed by atoms with van der Waals surface area (Å²) in [5.74, 6) is 0.615. The maximum Gasteiger partial charge on any atom is 0.270 e. The molecule has 0 aliphatic carbocycles. The van der Waals surface area contributed by atoms with Gasteiger partial charge in [0.15, 0.2) is 0 Å². The van der Waals surface area contributed by atoms with E-state index in [0.717, 1.165) is 12.4 Å². The first kappa shape index (κ1) is 13.8. The van der Waals surface area contributed by atoms with E-state index in [1.54, 1.807) is 17.8 Å². The van der Waals surface area contributed by atoms with Gasteiger partial charge in [0, 0.05) is 18.3 Å². The highest BCUT2D eigenvalue weighted by atomic mass is 32.2. The van der Waals surface area contributed by atoms with E-state index in [1.807, 2.05) is 25.3 Å². The molecule has 0 spiro atoms.